The molecule has 0 spiro atoms. The van der Waals surface area contributed by atoms with Crippen LogP contribution in [0.15, 0.2) is 0 Å². The van der Waals surface area contributed by atoms with Gasteiger partial charge in [0.2, 0.25) is 5.91 Å². The third-order valence-electron chi connectivity index (χ3n) is 1.94. The van der Waals surface area contributed by atoms with Crippen molar-refractivity contribution in [2.24, 2.45) is 5.73 Å². The maximum absolute atomic E-state index is 10.8. The van der Waals surface area contributed by atoms with E-state index < -0.39 is 0 Å². The molecule has 0 radical (unpaired) electrons. The van der Waals surface area contributed by atoms with Crippen LogP contribution in [0.25, 0.3) is 0 Å². The first-order valence-corrected chi connectivity index (χ1v) is 3.94. The van der Waals surface area contributed by atoms with Gasteiger partial charge in [-0.3, -0.25) is 4.79 Å². The minimum absolute atomic E-state index is 0.317. The summed E-state index contributed by atoms with van der Waals surface area (Å²) in [6.07, 6.45) is 0.579. The van der Waals surface area contributed by atoms with Crippen molar-refractivity contribution in [3.63, 3.8) is 0 Å². The molecule has 0 bridgehead atoms. The van der Waals surface area contributed by atoms with E-state index in [1.54, 1.807) is 14.2 Å². The molecule has 72 valence electrons. The number of rotatable bonds is 5. The van der Waals surface area contributed by atoms with Crippen molar-refractivity contribution in [1.82, 2.24) is 5.32 Å². The lowest BCUT2D eigenvalue weighted by Gasteiger charge is -2.26. The molecule has 0 aliphatic carbocycles. The van der Waals surface area contributed by atoms with Gasteiger partial charge in [0.15, 0.2) is 0 Å². The Labute approximate surface area is 73.5 Å². The molecule has 0 heterocycles. The predicted octanol–water partition coefficient (Wildman–Crippen LogP) is -0.125. The third kappa shape index (κ3) is 3.69. The van der Waals surface area contributed by atoms with E-state index in [-0.39, 0.29) is 17.6 Å². The standard InChI is InChI=1S/C8H18N2O2/c1-8(2,12-4)5-6(10-3)7(9)11/h6,10H,5H2,1-4H3,(H2,9,11). The van der Waals surface area contributed by atoms with E-state index in [0.717, 1.165) is 0 Å². The van der Waals surface area contributed by atoms with Gasteiger partial charge in [-0.15, -0.1) is 0 Å². The van der Waals surface area contributed by atoms with E-state index in [2.05, 4.69) is 5.32 Å². The molecule has 0 aromatic rings. The molecule has 4 heteroatoms. The summed E-state index contributed by atoms with van der Waals surface area (Å²) in [7, 11) is 3.33. The number of carbonyl (C=O) groups is 1. The third-order valence-corrected chi connectivity index (χ3v) is 1.94. The highest BCUT2D eigenvalue weighted by atomic mass is 16.5. The first-order valence-electron chi connectivity index (χ1n) is 3.94. The summed E-state index contributed by atoms with van der Waals surface area (Å²) in [5.41, 5.74) is 4.84. The van der Waals surface area contributed by atoms with Crippen molar-refractivity contribution in [1.29, 1.82) is 0 Å². The van der Waals surface area contributed by atoms with Crippen molar-refractivity contribution in [3.05, 3.63) is 0 Å². The van der Waals surface area contributed by atoms with Gasteiger partial charge >= 0.3 is 0 Å². The fourth-order valence-corrected chi connectivity index (χ4v) is 0.920. The Morgan fingerprint density at radius 3 is 2.42 bits per heavy atom. The average molecular weight is 174 g/mol. The fourth-order valence-electron chi connectivity index (χ4n) is 0.920. The van der Waals surface area contributed by atoms with Gasteiger partial charge < -0.3 is 15.8 Å². The van der Waals surface area contributed by atoms with Crippen molar-refractivity contribution in [3.8, 4) is 0 Å². The zero-order valence-corrected chi connectivity index (χ0v) is 8.18. The Hall–Kier alpha value is -0.610. The Morgan fingerprint density at radius 2 is 2.17 bits per heavy atom. The molecule has 0 saturated heterocycles. The molecule has 0 aliphatic rings. The zero-order valence-electron chi connectivity index (χ0n) is 8.18. The van der Waals surface area contributed by atoms with Gasteiger partial charge in [0.25, 0.3) is 0 Å². The number of hydrogen-bond acceptors (Lipinski definition) is 3. The maximum atomic E-state index is 10.8. The summed E-state index contributed by atoms with van der Waals surface area (Å²) in [5.74, 6) is -0.345. The quantitative estimate of drug-likeness (QED) is 0.610. The number of nitrogens with two attached hydrogens (primary N) is 1. The number of nitrogens with one attached hydrogen (secondary N) is 1. The largest absolute Gasteiger partial charge is 0.379 e. The number of ether oxygens (including phenoxy) is 1. The molecule has 4 nitrogen and oxygen atoms in total. The van der Waals surface area contributed by atoms with Crippen LogP contribution in [0.3, 0.4) is 0 Å². The second-order valence-electron chi connectivity index (χ2n) is 3.41. The van der Waals surface area contributed by atoms with Gasteiger partial charge in [-0.2, -0.15) is 0 Å². The number of likely N-dealkylation sites (N-methyl/N-ethyl adjacent to an activating group) is 1. The highest BCUT2D eigenvalue weighted by molar-refractivity contribution is 5.79. The van der Waals surface area contributed by atoms with Crippen LogP contribution in [0.1, 0.15) is 20.3 Å². The molecule has 12 heavy (non-hydrogen) atoms. The summed E-state index contributed by atoms with van der Waals surface area (Å²) in [6.45, 7) is 3.83. The van der Waals surface area contributed by atoms with E-state index in [9.17, 15) is 4.79 Å². The molecule has 1 amide bonds. The molecule has 0 saturated carbocycles. The lowest BCUT2D eigenvalue weighted by molar-refractivity contribution is -0.121. The average Bonchev–Trinajstić information content (AvgIpc) is 2.00. The summed E-state index contributed by atoms with van der Waals surface area (Å²) in [4.78, 5) is 10.8. The van der Waals surface area contributed by atoms with Crippen LogP contribution in [0.2, 0.25) is 0 Å². The Morgan fingerprint density at radius 1 is 1.67 bits per heavy atom. The molecule has 0 fully saturated rings. The van der Waals surface area contributed by atoms with Gasteiger partial charge in [0, 0.05) is 13.5 Å². The van der Waals surface area contributed by atoms with Crippen molar-refractivity contribution >= 4 is 5.91 Å². The lowest BCUT2D eigenvalue weighted by atomic mass is 9.98. The minimum Gasteiger partial charge on any atom is -0.379 e. The number of hydrogen-bond donors (Lipinski definition) is 2. The van der Waals surface area contributed by atoms with Gasteiger partial charge in [-0.25, -0.2) is 0 Å². The predicted molar refractivity (Wildman–Crippen MR) is 47.7 cm³/mol. The van der Waals surface area contributed by atoms with Crippen LogP contribution in [0, 0.1) is 0 Å². The SMILES string of the molecule is CNC(CC(C)(C)OC)C(N)=O. The second-order valence-corrected chi connectivity index (χ2v) is 3.41. The molecule has 0 aromatic carbocycles. The fraction of sp³-hybridized carbons (Fsp3) is 0.875. The first-order chi connectivity index (χ1) is 5.43. The second kappa shape index (κ2) is 4.42. The van der Waals surface area contributed by atoms with E-state index >= 15 is 0 Å². The Kier molecular flexibility index (Phi) is 4.20. The van der Waals surface area contributed by atoms with E-state index in [1.807, 2.05) is 13.8 Å². The Bertz CT molecular complexity index is 157. The summed E-state index contributed by atoms with van der Waals surface area (Å²) >= 11 is 0. The van der Waals surface area contributed by atoms with Crippen molar-refractivity contribution in [2.75, 3.05) is 14.2 Å². The Balaban J connectivity index is 4.11. The molecule has 0 rings (SSSR count). The minimum atomic E-state index is -0.345. The zero-order chi connectivity index (χ0) is 9.78. The lowest BCUT2D eigenvalue weighted by Crippen LogP contribution is -2.44. The van der Waals surface area contributed by atoms with Gasteiger partial charge in [0.05, 0.1) is 11.6 Å². The molecular weight excluding hydrogens is 156 g/mol. The van der Waals surface area contributed by atoms with Crippen LogP contribution in [0.5, 0.6) is 0 Å². The molecule has 3 N–H and O–H groups in total. The smallest absolute Gasteiger partial charge is 0.234 e. The van der Waals surface area contributed by atoms with Crippen LogP contribution in [-0.2, 0) is 9.53 Å². The number of amides is 1. The van der Waals surface area contributed by atoms with E-state index in [4.69, 9.17) is 10.5 Å². The monoisotopic (exact) mass is 174 g/mol. The van der Waals surface area contributed by atoms with Gasteiger partial charge in [-0.05, 0) is 20.9 Å². The molecule has 1 unspecified atom stereocenters. The summed E-state index contributed by atoms with van der Waals surface area (Å²) in [6, 6.07) is -0.319. The van der Waals surface area contributed by atoms with Gasteiger partial charge in [0.1, 0.15) is 0 Å². The van der Waals surface area contributed by atoms with Crippen LogP contribution in [-0.4, -0.2) is 31.7 Å². The molecule has 1 atom stereocenters. The van der Waals surface area contributed by atoms with Crippen molar-refractivity contribution in [2.45, 2.75) is 31.9 Å². The van der Waals surface area contributed by atoms with Crippen molar-refractivity contribution < 1.29 is 9.53 Å². The topological polar surface area (TPSA) is 64.3 Å². The number of methoxy groups -OCH3 is 1. The van der Waals surface area contributed by atoms with Crippen LogP contribution >= 0.6 is 0 Å². The normalized spacial score (nSPS) is 14.3. The molecule has 0 aromatic heterocycles. The maximum Gasteiger partial charge on any atom is 0.234 e. The van der Waals surface area contributed by atoms with Crippen LogP contribution < -0.4 is 11.1 Å². The highest BCUT2D eigenvalue weighted by Crippen LogP contribution is 2.14. The molecule has 0 aliphatic heterocycles. The summed E-state index contributed by atoms with van der Waals surface area (Å²) < 4.78 is 5.17. The number of primary amides is 1. The van der Waals surface area contributed by atoms with Gasteiger partial charge in [-0.1, -0.05) is 0 Å². The van der Waals surface area contributed by atoms with Crippen LogP contribution in [0.4, 0.5) is 0 Å². The highest BCUT2D eigenvalue weighted by Gasteiger charge is 2.24. The number of carbonyl (C=O) groups excluding carboxylic acids is 1. The molecular formula is C8H18N2O2. The first kappa shape index (κ1) is 11.4. The summed E-state index contributed by atoms with van der Waals surface area (Å²) in [5, 5.41) is 2.84. The van der Waals surface area contributed by atoms with E-state index in [0.29, 0.717) is 6.42 Å². The van der Waals surface area contributed by atoms with E-state index in [1.165, 1.54) is 0 Å².